The fourth-order valence-electron chi connectivity index (χ4n) is 1.47. The molecule has 5 heteroatoms. The molecule has 0 saturated heterocycles. The van der Waals surface area contributed by atoms with Gasteiger partial charge >= 0.3 is 0 Å². The first-order valence-electron chi connectivity index (χ1n) is 5.41. The minimum atomic E-state index is 0.499. The topological polar surface area (TPSA) is 18.5 Å². The summed E-state index contributed by atoms with van der Waals surface area (Å²) in [5.74, 6) is 2.23. The highest BCUT2D eigenvalue weighted by atomic mass is 33.1. The van der Waals surface area contributed by atoms with E-state index < -0.39 is 0 Å². The van der Waals surface area contributed by atoms with Crippen molar-refractivity contribution in [3.8, 4) is 11.5 Å². The summed E-state index contributed by atoms with van der Waals surface area (Å²) >= 11 is 4.35. The van der Waals surface area contributed by atoms with Crippen LogP contribution in [0.2, 0.25) is 0 Å². The number of thiol groups is 1. The summed E-state index contributed by atoms with van der Waals surface area (Å²) in [6, 6.07) is 6.02. The number of methoxy groups -OCH3 is 2. The Bertz CT molecular complexity index is 358. The molecular formula is C12H18O2S2Si. The number of hydrogen-bond acceptors (Lipinski definition) is 4. The predicted molar refractivity (Wildman–Crippen MR) is 80.1 cm³/mol. The average molecular weight is 286 g/mol. The molecule has 2 radical (unpaired) electrons. The van der Waals surface area contributed by atoms with E-state index in [1.807, 2.05) is 12.1 Å². The highest BCUT2D eigenvalue weighted by Gasteiger charge is 2.18. The normalized spacial score (nSPS) is 12.6. The summed E-state index contributed by atoms with van der Waals surface area (Å²) in [5.41, 5.74) is 0. The van der Waals surface area contributed by atoms with Crippen LogP contribution in [0.5, 0.6) is 11.5 Å². The van der Waals surface area contributed by atoms with Crippen molar-refractivity contribution in [2.45, 2.75) is 18.7 Å². The number of rotatable bonds is 6. The maximum Gasteiger partial charge on any atom is 0.160 e. The molecule has 0 N–H and O–H groups in total. The van der Waals surface area contributed by atoms with Gasteiger partial charge in [0.05, 0.1) is 14.2 Å². The van der Waals surface area contributed by atoms with Crippen LogP contribution in [0.25, 0.3) is 0 Å². The summed E-state index contributed by atoms with van der Waals surface area (Å²) in [5, 5.41) is 1.20. The molecule has 17 heavy (non-hydrogen) atoms. The van der Waals surface area contributed by atoms with E-state index in [1.165, 1.54) is 5.19 Å². The molecule has 0 aliphatic carbocycles. The lowest BCUT2D eigenvalue weighted by atomic mass is 10.3. The van der Waals surface area contributed by atoms with E-state index in [9.17, 15) is 0 Å². The molecular weight excluding hydrogens is 268 g/mol. The van der Waals surface area contributed by atoms with E-state index in [2.05, 4.69) is 31.6 Å². The third-order valence-corrected chi connectivity index (χ3v) is 6.83. The summed E-state index contributed by atoms with van der Waals surface area (Å²) in [6.07, 6.45) is 0. The van der Waals surface area contributed by atoms with Gasteiger partial charge in [0, 0.05) is 4.87 Å². The van der Waals surface area contributed by atoms with Gasteiger partial charge < -0.3 is 9.47 Å². The minimum absolute atomic E-state index is 0.499. The van der Waals surface area contributed by atoms with Gasteiger partial charge in [-0.2, -0.15) is 0 Å². The molecule has 2 nitrogen and oxygen atoms in total. The molecule has 0 aliphatic heterocycles. The van der Waals surface area contributed by atoms with Gasteiger partial charge in [0.1, 0.15) is 9.52 Å². The first-order valence-corrected chi connectivity index (χ1v) is 8.42. The Kier molecular flexibility index (Phi) is 6.30. The SMILES string of the molecule is COc1cccc([Si]C(SS)C(C)C)c1OC. The highest BCUT2D eigenvalue weighted by molar-refractivity contribution is 8.69. The molecule has 0 saturated carbocycles. The third kappa shape index (κ3) is 3.86. The summed E-state index contributed by atoms with van der Waals surface area (Å²) in [7, 11) is 5.63. The summed E-state index contributed by atoms with van der Waals surface area (Å²) in [4.78, 5) is 0.499. The molecule has 1 unspecified atom stereocenters. The molecule has 1 aromatic rings. The first-order chi connectivity index (χ1) is 8.13. The second-order valence-corrected chi connectivity index (χ2v) is 7.17. The van der Waals surface area contributed by atoms with Crippen molar-refractivity contribution in [1.29, 1.82) is 0 Å². The molecule has 0 bridgehead atoms. The molecule has 0 aliphatic rings. The standard InChI is InChI=1S/C12H18O2S2Si/c1-8(2)12(16-15)17-10-7-5-6-9(13-3)11(10)14-4/h5-8,12,15H,1-4H3. The number of para-hydroxylation sites is 1. The Morgan fingerprint density at radius 2 is 1.94 bits per heavy atom. The fraction of sp³-hybridized carbons (Fsp3) is 0.500. The van der Waals surface area contributed by atoms with Crippen molar-refractivity contribution in [3.63, 3.8) is 0 Å². The molecule has 0 amide bonds. The van der Waals surface area contributed by atoms with Gasteiger partial charge in [0.15, 0.2) is 11.5 Å². The minimum Gasteiger partial charge on any atom is -0.493 e. The first kappa shape index (κ1) is 14.8. The zero-order chi connectivity index (χ0) is 12.8. The van der Waals surface area contributed by atoms with Gasteiger partial charge in [-0.05, 0) is 17.2 Å². The second kappa shape index (κ2) is 7.23. The molecule has 94 valence electrons. The molecule has 0 spiro atoms. The van der Waals surface area contributed by atoms with Gasteiger partial charge in [0.2, 0.25) is 0 Å². The van der Waals surface area contributed by atoms with Crippen LogP contribution in [0.3, 0.4) is 0 Å². The van der Waals surface area contributed by atoms with E-state index in [4.69, 9.17) is 9.47 Å². The van der Waals surface area contributed by atoms with Crippen molar-refractivity contribution < 1.29 is 9.47 Å². The quantitative estimate of drug-likeness (QED) is 0.493. The smallest absolute Gasteiger partial charge is 0.160 e. The fourth-order valence-corrected chi connectivity index (χ4v) is 4.70. The zero-order valence-corrected chi connectivity index (χ0v) is 13.3. The predicted octanol–water partition coefficient (Wildman–Crippen LogP) is 2.59. The van der Waals surface area contributed by atoms with E-state index in [1.54, 1.807) is 25.0 Å². The second-order valence-electron chi connectivity index (χ2n) is 3.96. The maximum atomic E-state index is 5.44. The molecule has 0 fully saturated rings. The Labute approximate surface area is 115 Å². The lowest BCUT2D eigenvalue weighted by Crippen LogP contribution is -2.30. The van der Waals surface area contributed by atoms with Crippen LogP contribution in [0, 0.1) is 5.92 Å². The molecule has 0 heterocycles. The van der Waals surface area contributed by atoms with Crippen molar-refractivity contribution >= 4 is 37.2 Å². The van der Waals surface area contributed by atoms with Gasteiger partial charge in [-0.1, -0.05) is 36.8 Å². The average Bonchev–Trinajstić information content (AvgIpc) is 2.34. The van der Waals surface area contributed by atoms with Crippen LogP contribution < -0.4 is 14.7 Å². The molecule has 1 atom stereocenters. The molecule has 0 aromatic heterocycles. The Balaban J connectivity index is 2.97. The van der Waals surface area contributed by atoms with Crippen LogP contribution in [-0.4, -0.2) is 28.6 Å². The Morgan fingerprint density at radius 3 is 2.41 bits per heavy atom. The number of ether oxygens (including phenoxy) is 2. The van der Waals surface area contributed by atoms with E-state index in [0.29, 0.717) is 20.3 Å². The van der Waals surface area contributed by atoms with Gasteiger partial charge in [-0.15, -0.1) is 11.7 Å². The largest absolute Gasteiger partial charge is 0.493 e. The van der Waals surface area contributed by atoms with E-state index in [-0.39, 0.29) is 0 Å². The van der Waals surface area contributed by atoms with Gasteiger partial charge in [-0.3, -0.25) is 0 Å². The van der Waals surface area contributed by atoms with Crippen LogP contribution >= 0.6 is 22.5 Å². The van der Waals surface area contributed by atoms with Crippen LogP contribution in [-0.2, 0) is 0 Å². The lowest BCUT2D eigenvalue weighted by Gasteiger charge is -2.19. The monoisotopic (exact) mass is 286 g/mol. The summed E-state index contributed by atoms with van der Waals surface area (Å²) < 4.78 is 10.7. The van der Waals surface area contributed by atoms with Crippen molar-refractivity contribution in [1.82, 2.24) is 0 Å². The Hall–Kier alpha value is -0.263. The van der Waals surface area contributed by atoms with Crippen LogP contribution in [0.1, 0.15) is 13.8 Å². The van der Waals surface area contributed by atoms with E-state index in [0.717, 1.165) is 11.5 Å². The zero-order valence-electron chi connectivity index (χ0n) is 10.6. The Morgan fingerprint density at radius 1 is 1.24 bits per heavy atom. The molecule has 1 rings (SSSR count). The maximum absolute atomic E-state index is 5.44. The molecule has 1 aromatic carbocycles. The third-order valence-electron chi connectivity index (χ3n) is 2.42. The number of hydrogen-bond donors (Lipinski definition) is 1. The summed E-state index contributed by atoms with van der Waals surface area (Å²) in [6.45, 7) is 4.43. The lowest BCUT2D eigenvalue weighted by molar-refractivity contribution is 0.357. The van der Waals surface area contributed by atoms with Crippen LogP contribution in [0.15, 0.2) is 18.2 Å². The number of benzene rings is 1. The van der Waals surface area contributed by atoms with E-state index >= 15 is 0 Å². The van der Waals surface area contributed by atoms with Gasteiger partial charge in [0.25, 0.3) is 0 Å². The van der Waals surface area contributed by atoms with Gasteiger partial charge in [-0.25, -0.2) is 0 Å². The van der Waals surface area contributed by atoms with Crippen molar-refractivity contribution in [2.24, 2.45) is 5.92 Å². The highest BCUT2D eigenvalue weighted by Crippen LogP contribution is 2.26. The van der Waals surface area contributed by atoms with Crippen molar-refractivity contribution in [2.75, 3.05) is 14.2 Å². The van der Waals surface area contributed by atoms with Crippen LogP contribution in [0.4, 0.5) is 0 Å². The van der Waals surface area contributed by atoms with Crippen molar-refractivity contribution in [3.05, 3.63) is 18.2 Å².